The zero-order valence-corrected chi connectivity index (χ0v) is 15.3. The van der Waals surface area contributed by atoms with Crippen molar-refractivity contribution < 1.29 is 23.9 Å². The van der Waals surface area contributed by atoms with Gasteiger partial charge in [0, 0.05) is 23.9 Å². The Morgan fingerprint density at radius 1 is 1.11 bits per heavy atom. The van der Waals surface area contributed by atoms with Gasteiger partial charge in [0.15, 0.2) is 6.61 Å². The van der Waals surface area contributed by atoms with Crippen LogP contribution in [0, 0.1) is 0 Å². The lowest BCUT2D eigenvalue weighted by atomic mass is 10.2. The van der Waals surface area contributed by atoms with Crippen LogP contribution in [0.4, 0.5) is 5.69 Å². The van der Waals surface area contributed by atoms with Crippen LogP contribution in [-0.4, -0.2) is 45.9 Å². The van der Waals surface area contributed by atoms with Gasteiger partial charge in [-0.1, -0.05) is 11.2 Å². The predicted octanol–water partition coefficient (Wildman–Crippen LogP) is 2.05. The number of rotatable bonds is 8. The Bertz CT molecular complexity index is 836. The second-order valence-electron chi connectivity index (χ2n) is 5.32. The SMILES string of the molecule is CNC(=O)c1cccc(NC(=O)CO/N=C/c2cc(OC)ccc2OC)c1. The number of amides is 2. The van der Waals surface area contributed by atoms with Gasteiger partial charge in [0.2, 0.25) is 0 Å². The maximum Gasteiger partial charge on any atom is 0.265 e. The third-order valence-electron chi connectivity index (χ3n) is 3.53. The molecule has 8 nitrogen and oxygen atoms in total. The number of nitrogens with one attached hydrogen (secondary N) is 2. The molecule has 0 unspecified atom stereocenters. The monoisotopic (exact) mass is 371 g/mol. The summed E-state index contributed by atoms with van der Waals surface area (Å²) in [4.78, 5) is 28.6. The van der Waals surface area contributed by atoms with E-state index in [1.54, 1.807) is 56.7 Å². The Balaban J connectivity index is 1.91. The van der Waals surface area contributed by atoms with E-state index >= 15 is 0 Å². The number of carbonyl (C=O) groups excluding carboxylic acids is 2. The smallest absolute Gasteiger partial charge is 0.265 e. The summed E-state index contributed by atoms with van der Waals surface area (Å²) >= 11 is 0. The normalized spacial score (nSPS) is 10.3. The summed E-state index contributed by atoms with van der Waals surface area (Å²) < 4.78 is 10.4. The molecule has 0 atom stereocenters. The first kappa shape index (κ1) is 19.8. The molecule has 0 aliphatic carbocycles. The van der Waals surface area contributed by atoms with Crippen LogP contribution in [0.1, 0.15) is 15.9 Å². The zero-order valence-electron chi connectivity index (χ0n) is 15.3. The van der Waals surface area contributed by atoms with Gasteiger partial charge in [0.05, 0.1) is 20.4 Å². The molecule has 27 heavy (non-hydrogen) atoms. The number of anilines is 1. The Kier molecular flexibility index (Phi) is 7.18. The number of hydrogen-bond acceptors (Lipinski definition) is 6. The molecule has 0 radical (unpaired) electrons. The van der Waals surface area contributed by atoms with E-state index in [9.17, 15) is 9.59 Å². The Hall–Kier alpha value is -3.55. The summed E-state index contributed by atoms with van der Waals surface area (Å²) in [5, 5.41) is 8.94. The minimum absolute atomic E-state index is 0.237. The molecule has 2 aromatic carbocycles. The largest absolute Gasteiger partial charge is 0.497 e. The lowest BCUT2D eigenvalue weighted by Gasteiger charge is -2.07. The number of ether oxygens (including phenoxy) is 2. The summed E-state index contributed by atoms with van der Waals surface area (Å²) in [7, 11) is 4.64. The van der Waals surface area contributed by atoms with Crippen molar-refractivity contribution in [3.8, 4) is 11.5 Å². The number of methoxy groups -OCH3 is 2. The molecular weight excluding hydrogens is 350 g/mol. The molecule has 0 heterocycles. The number of oxime groups is 1. The molecular formula is C19H21N3O5. The Morgan fingerprint density at radius 2 is 1.93 bits per heavy atom. The molecule has 0 spiro atoms. The highest BCUT2D eigenvalue weighted by Gasteiger charge is 2.07. The summed E-state index contributed by atoms with van der Waals surface area (Å²) in [6, 6.07) is 11.8. The van der Waals surface area contributed by atoms with Crippen LogP contribution >= 0.6 is 0 Å². The van der Waals surface area contributed by atoms with Crippen molar-refractivity contribution in [1.29, 1.82) is 0 Å². The summed E-state index contributed by atoms with van der Waals surface area (Å²) in [6.07, 6.45) is 1.43. The van der Waals surface area contributed by atoms with Crippen LogP contribution in [0.2, 0.25) is 0 Å². The van der Waals surface area contributed by atoms with Gasteiger partial charge in [-0.15, -0.1) is 0 Å². The highest BCUT2D eigenvalue weighted by atomic mass is 16.6. The van der Waals surface area contributed by atoms with Crippen LogP contribution in [-0.2, 0) is 9.63 Å². The van der Waals surface area contributed by atoms with E-state index in [1.807, 2.05) is 0 Å². The van der Waals surface area contributed by atoms with Crippen molar-refractivity contribution >= 4 is 23.7 Å². The first-order valence-electron chi connectivity index (χ1n) is 8.06. The summed E-state index contributed by atoms with van der Waals surface area (Å²) in [6.45, 7) is -0.285. The van der Waals surface area contributed by atoms with Gasteiger partial charge >= 0.3 is 0 Å². The van der Waals surface area contributed by atoms with Crippen LogP contribution in [0.15, 0.2) is 47.6 Å². The molecule has 2 aromatic rings. The third-order valence-corrected chi connectivity index (χ3v) is 3.53. The van der Waals surface area contributed by atoms with Gasteiger partial charge in [-0.05, 0) is 36.4 Å². The minimum Gasteiger partial charge on any atom is -0.497 e. The molecule has 0 aliphatic rings. The van der Waals surface area contributed by atoms with E-state index in [1.165, 1.54) is 13.3 Å². The highest BCUT2D eigenvalue weighted by Crippen LogP contribution is 2.22. The highest BCUT2D eigenvalue weighted by molar-refractivity contribution is 5.97. The number of benzene rings is 2. The second kappa shape index (κ2) is 9.81. The van der Waals surface area contributed by atoms with E-state index in [2.05, 4.69) is 15.8 Å². The zero-order chi connectivity index (χ0) is 19.6. The molecule has 0 bridgehead atoms. The standard InChI is InChI=1S/C19H21N3O5/c1-20-19(24)13-5-4-6-15(9-13)22-18(23)12-27-21-11-14-10-16(25-2)7-8-17(14)26-3/h4-11H,12H2,1-3H3,(H,20,24)(H,22,23)/b21-11+. The van der Waals surface area contributed by atoms with E-state index in [-0.39, 0.29) is 12.5 Å². The van der Waals surface area contributed by atoms with Gasteiger partial charge < -0.3 is 24.9 Å². The van der Waals surface area contributed by atoms with Gasteiger partial charge in [-0.3, -0.25) is 9.59 Å². The van der Waals surface area contributed by atoms with Crippen molar-refractivity contribution in [2.75, 3.05) is 33.2 Å². The average molecular weight is 371 g/mol. The van der Waals surface area contributed by atoms with E-state index < -0.39 is 5.91 Å². The quantitative estimate of drug-likeness (QED) is 0.547. The maximum atomic E-state index is 11.9. The molecule has 0 saturated carbocycles. The first-order chi connectivity index (χ1) is 13.1. The van der Waals surface area contributed by atoms with Crippen molar-refractivity contribution in [2.45, 2.75) is 0 Å². The number of hydrogen-bond donors (Lipinski definition) is 2. The topological polar surface area (TPSA) is 98.3 Å². The fourth-order valence-corrected chi connectivity index (χ4v) is 2.21. The van der Waals surface area contributed by atoms with Gasteiger partial charge in [0.25, 0.3) is 11.8 Å². The average Bonchev–Trinajstić information content (AvgIpc) is 2.70. The molecule has 0 aliphatic heterocycles. The van der Waals surface area contributed by atoms with Gasteiger partial charge in [-0.2, -0.15) is 0 Å². The van der Waals surface area contributed by atoms with Crippen molar-refractivity contribution in [1.82, 2.24) is 5.32 Å². The fraction of sp³-hybridized carbons (Fsp3) is 0.211. The van der Waals surface area contributed by atoms with Crippen molar-refractivity contribution in [3.05, 3.63) is 53.6 Å². The van der Waals surface area contributed by atoms with E-state index in [0.717, 1.165) is 0 Å². The summed E-state index contributed by atoms with van der Waals surface area (Å²) in [5.41, 5.74) is 1.58. The second-order valence-corrected chi connectivity index (χ2v) is 5.32. The van der Waals surface area contributed by atoms with E-state index in [0.29, 0.717) is 28.3 Å². The molecule has 0 saturated heterocycles. The molecule has 2 amide bonds. The molecule has 8 heteroatoms. The maximum absolute atomic E-state index is 11.9. The fourth-order valence-electron chi connectivity index (χ4n) is 2.21. The first-order valence-corrected chi connectivity index (χ1v) is 8.06. The number of carbonyl (C=O) groups is 2. The van der Waals surface area contributed by atoms with Crippen LogP contribution < -0.4 is 20.1 Å². The Morgan fingerprint density at radius 3 is 2.63 bits per heavy atom. The minimum atomic E-state index is -0.404. The van der Waals surface area contributed by atoms with Crippen LogP contribution in [0.5, 0.6) is 11.5 Å². The molecule has 0 fully saturated rings. The van der Waals surface area contributed by atoms with Crippen LogP contribution in [0.3, 0.4) is 0 Å². The molecule has 2 N–H and O–H groups in total. The molecule has 0 aromatic heterocycles. The van der Waals surface area contributed by atoms with E-state index in [4.69, 9.17) is 14.3 Å². The number of nitrogens with zero attached hydrogens (tertiary/aromatic N) is 1. The van der Waals surface area contributed by atoms with Crippen molar-refractivity contribution in [3.63, 3.8) is 0 Å². The lowest BCUT2D eigenvalue weighted by molar-refractivity contribution is -0.120. The van der Waals surface area contributed by atoms with Crippen LogP contribution in [0.25, 0.3) is 0 Å². The Labute approximate surface area is 157 Å². The third kappa shape index (κ3) is 5.74. The van der Waals surface area contributed by atoms with Crippen molar-refractivity contribution in [2.24, 2.45) is 5.16 Å². The predicted molar refractivity (Wildman–Crippen MR) is 102 cm³/mol. The summed E-state index contributed by atoms with van der Waals surface area (Å²) in [5.74, 6) is 0.600. The van der Waals surface area contributed by atoms with Gasteiger partial charge in [0.1, 0.15) is 11.5 Å². The lowest BCUT2D eigenvalue weighted by Crippen LogP contribution is -2.19. The molecule has 142 valence electrons. The molecule has 2 rings (SSSR count). The van der Waals surface area contributed by atoms with Gasteiger partial charge in [-0.25, -0.2) is 0 Å².